The summed E-state index contributed by atoms with van der Waals surface area (Å²) >= 11 is 0.792. The second kappa shape index (κ2) is 7.47. The van der Waals surface area contributed by atoms with Gasteiger partial charge in [0.05, 0.1) is 12.1 Å². The molecule has 0 aliphatic carbocycles. The Morgan fingerprint density at radius 2 is 1.70 bits per heavy atom. The molecule has 0 saturated carbocycles. The summed E-state index contributed by atoms with van der Waals surface area (Å²) in [5.74, 6) is -1.44. The Labute approximate surface area is 82.9 Å². The van der Waals surface area contributed by atoms with Gasteiger partial charge in [0.1, 0.15) is 0 Å². The summed E-state index contributed by atoms with van der Waals surface area (Å²) in [5.41, 5.74) is 0. The molecule has 10 heavy (non-hydrogen) atoms. The van der Waals surface area contributed by atoms with Crippen molar-refractivity contribution >= 4 is 43.6 Å². The Morgan fingerprint density at radius 1 is 1.60 bits per heavy atom. The van der Waals surface area contributed by atoms with Crippen molar-refractivity contribution in [2.24, 2.45) is 0 Å². The van der Waals surface area contributed by atoms with Crippen LogP contribution in [0.15, 0.2) is 0 Å². The van der Waals surface area contributed by atoms with E-state index in [9.17, 15) is 14.7 Å². The fraction of sp³-hybridized carbons (Fsp3) is 0.600. The number of rotatable bonds is 1. The van der Waals surface area contributed by atoms with Gasteiger partial charge in [-0.05, 0) is 6.92 Å². The summed E-state index contributed by atoms with van der Waals surface area (Å²) in [5, 5.41) is 17.3. The first-order chi connectivity index (χ1) is 4.37. The third-order valence-electron chi connectivity index (χ3n) is 0.341. The molecule has 0 aliphatic rings. The molecule has 1 N–H and O–H groups in total. The number of carboxylic acid groups (broad SMARTS) is 1. The van der Waals surface area contributed by atoms with Gasteiger partial charge in [-0.1, -0.05) is 0 Å². The molecule has 1 unspecified atom stereocenters. The molecular weight excluding hydrogens is 164 g/mol. The minimum absolute atomic E-state index is 0.292. The molecule has 0 heterocycles. The van der Waals surface area contributed by atoms with E-state index in [1.165, 1.54) is 0 Å². The number of carbonyl (C=O) groups is 2. The van der Waals surface area contributed by atoms with Gasteiger partial charge in [0.15, 0.2) is 0 Å². The fourth-order valence-electron chi connectivity index (χ4n) is 0. The molecule has 0 amide bonds. The van der Waals surface area contributed by atoms with Crippen LogP contribution in [0.2, 0.25) is 0 Å². The monoisotopic (exact) mass is 172 g/mol. The number of aliphatic hydroxyl groups excluding tert-OH is 1. The molecule has 0 spiro atoms. The van der Waals surface area contributed by atoms with E-state index in [1.807, 2.05) is 0 Å². The molecule has 0 fully saturated rings. The maximum absolute atomic E-state index is 9.50. The van der Waals surface area contributed by atoms with Crippen molar-refractivity contribution in [1.29, 1.82) is 0 Å². The van der Waals surface area contributed by atoms with E-state index in [4.69, 9.17) is 5.11 Å². The molecule has 0 saturated heterocycles. The van der Waals surface area contributed by atoms with Gasteiger partial charge < -0.3 is 15.0 Å². The Morgan fingerprint density at radius 3 is 1.70 bits per heavy atom. The first-order valence-electron chi connectivity index (χ1n) is 2.59. The van der Waals surface area contributed by atoms with E-state index in [0.29, 0.717) is 1.88 Å². The van der Waals surface area contributed by atoms with Crippen molar-refractivity contribution in [3.8, 4) is 0 Å². The molecule has 0 aromatic carbocycles. The van der Waals surface area contributed by atoms with Crippen LogP contribution in [0, 0.1) is 0 Å². The van der Waals surface area contributed by atoms with Crippen LogP contribution in [0.25, 0.3) is 0 Å². The molecule has 54 valence electrons. The van der Waals surface area contributed by atoms with E-state index in [1.54, 1.807) is 6.92 Å². The molecule has 0 radical (unpaired) electrons. The maximum atomic E-state index is 9.50. The predicted octanol–water partition coefficient (Wildman–Crippen LogP) is -2.18. The molecule has 1 atom stereocenters. The van der Waals surface area contributed by atoms with Gasteiger partial charge in [-0.25, -0.2) is 0 Å². The summed E-state index contributed by atoms with van der Waals surface area (Å²) in [6.07, 6.45) is -1.34. The predicted molar refractivity (Wildman–Crippen MR) is 33.1 cm³/mol. The average Bonchev–Trinajstić information content (AvgIpc) is 1.63. The van der Waals surface area contributed by atoms with Crippen LogP contribution >= 0.6 is 0 Å². The number of aliphatic carboxylic acids is 1. The van der Waals surface area contributed by atoms with Crippen molar-refractivity contribution in [2.75, 3.05) is 0 Å². The summed E-state index contributed by atoms with van der Waals surface area (Å²) in [4.78, 5) is 18.8. The molecule has 0 bridgehead atoms. The number of carbonyl (C=O) groups excluding carboxylic acids is 2. The van der Waals surface area contributed by atoms with Crippen LogP contribution in [0.5, 0.6) is 0 Å². The summed E-state index contributed by atoms with van der Waals surface area (Å²) in [6, 6.07) is 0. The first-order valence-corrected chi connectivity index (χ1v) is 3.69. The second-order valence-corrected chi connectivity index (χ2v) is 3.25. The van der Waals surface area contributed by atoms with E-state index in [2.05, 4.69) is 0 Å². The van der Waals surface area contributed by atoms with Gasteiger partial charge >= 0.3 is 49.4 Å². The second-order valence-electron chi connectivity index (χ2n) is 1.70. The summed E-state index contributed by atoms with van der Waals surface area (Å²) < 4.78 is 0.292. The Bertz CT molecular complexity index is 117. The Hall–Kier alpha value is 0.360. The molecule has 4 nitrogen and oxygen atoms in total. The van der Waals surface area contributed by atoms with Crippen LogP contribution in [-0.4, -0.2) is 54.8 Å². The van der Waals surface area contributed by atoms with Gasteiger partial charge in [0.25, 0.3) is 0 Å². The third-order valence-corrected chi connectivity index (χ3v) is 0.341. The third kappa shape index (κ3) is 23.8. The van der Waals surface area contributed by atoms with Crippen LogP contribution in [-0.2, 0) is 9.59 Å². The van der Waals surface area contributed by atoms with Crippen molar-refractivity contribution in [2.45, 2.75) is 20.0 Å². The molecule has 0 aliphatic heterocycles. The quantitative estimate of drug-likeness (QED) is 0.456. The average molecular weight is 172 g/mol. The number of aliphatic hydroxyl groups is 1. The van der Waals surface area contributed by atoms with Gasteiger partial charge in [-0.2, -0.15) is 0 Å². The van der Waals surface area contributed by atoms with Gasteiger partial charge in [-0.3, -0.25) is 0 Å². The SMILES string of the molecule is CC(O)C(=O)[O-].C[C](=O)[Ca+]. The molecule has 0 rings (SSSR count). The molecular formula is C5H8CaO4. The number of carboxylic acids is 1. The van der Waals surface area contributed by atoms with Crippen LogP contribution in [0.1, 0.15) is 13.8 Å². The van der Waals surface area contributed by atoms with Gasteiger partial charge in [0, 0.05) is 0 Å². The van der Waals surface area contributed by atoms with E-state index >= 15 is 0 Å². The van der Waals surface area contributed by atoms with Crippen LogP contribution in [0.4, 0.5) is 0 Å². The topological polar surface area (TPSA) is 77.4 Å². The Kier molecular flexibility index (Phi) is 9.70. The van der Waals surface area contributed by atoms with Crippen molar-refractivity contribution in [1.82, 2.24) is 0 Å². The Balaban J connectivity index is 0. The standard InChI is InChI=1S/C3H6O3.C2H3O.Ca/c1-2(4)3(5)6;1-2-3;/h2,4H,1H3,(H,5,6);1H3;/q;;+1/p-1. The fourth-order valence-corrected chi connectivity index (χ4v) is 0. The normalized spacial score (nSPS) is 10.9. The summed E-state index contributed by atoms with van der Waals surface area (Å²) in [7, 11) is 0. The van der Waals surface area contributed by atoms with E-state index in [-0.39, 0.29) is 0 Å². The van der Waals surface area contributed by atoms with Gasteiger partial charge in [0.2, 0.25) is 0 Å². The van der Waals surface area contributed by atoms with Crippen molar-refractivity contribution in [3.63, 3.8) is 0 Å². The van der Waals surface area contributed by atoms with E-state index in [0.717, 1.165) is 42.7 Å². The molecule has 0 aromatic heterocycles. The van der Waals surface area contributed by atoms with Crippen LogP contribution < -0.4 is 5.11 Å². The van der Waals surface area contributed by atoms with Crippen molar-refractivity contribution < 1.29 is 19.8 Å². The molecule has 5 heteroatoms. The number of hydrogen-bond acceptors (Lipinski definition) is 4. The minimum atomic E-state index is -1.44. The summed E-state index contributed by atoms with van der Waals surface area (Å²) in [6.45, 7) is 2.72. The zero-order valence-electron chi connectivity index (χ0n) is 5.96. The first kappa shape index (κ1) is 13.0. The van der Waals surface area contributed by atoms with Crippen LogP contribution in [0.3, 0.4) is 0 Å². The van der Waals surface area contributed by atoms with Crippen molar-refractivity contribution in [3.05, 3.63) is 0 Å². The van der Waals surface area contributed by atoms with Gasteiger partial charge in [-0.15, -0.1) is 0 Å². The number of hydrogen-bond donors (Lipinski definition) is 1. The molecule has 0 aromatic rings. The van der Waals surface area contributed by atoms with E-state index < -0.39 is 12.1 Å². The zero-order chi connectivity index (χ0) is 8.73. The zero-order valence-corrected chi connectivity index (χ0v) is 8.16.